The predicted molar refractivity (Wildman–Crippen MR) is 122 cm³/mol. The van der Waals surface area contributed by atoms with Gasteiger partial charge in [-0.25, -0.2) is 9.59 Å². The molecule has 1 aliphatic heterocycles. The van der Waals surface area contributed by atoms with Crippen LogP contribution in [0.15, 0.2) is 48.5 Å². The monoisotopic (exact) mass is 468 g/mol. The number of carbonyl (C=O) groups is 3. The van der Waals surface area contributed by atoms with Crippen molar-refractivity contribution < 1.29 is 34.1 Å². The highest BCUT2D eigenvalue weighted by Crippen LogP contribution is 2.44. The fraction of sp³-hybridized carbons (Fsp3) is 0.400. The average Bonchev–Trinajstić information content (AvgIpc) is 3.44. The Bertz CT molecular complexity index is 1010. The number of aliphatic hydroxyl groups excluding tert-OH is 1. The summed E-state index contributed by atoms with van der Waals surface area (Å²) in [6.45, 7) is 0.177. The second kappa shape index (κ2) is 10.7. The number of benzene rings is 2. The van der Waals surface area contributed by atoms with Crippen molar-refractivity contribution in [1.82, 2.24) is 10.6 Å². The van der Waals surface area contributed by atoms with Gasteiger partial charge in [0.15, 0.2) is 0 Å². The van der Waals surface area contributed by atoms with E-state index in [1.165, 1.54) is 0 Å². The lowest BCUT2D eigenvalue weighted by Gasteiger charge is -2.16. The molecule has 2 aromatic rings. The number of fused-ring (bicyclic) bond motifs is 3. The first-order valence-corrected chi connectivity index (χ1v) is 11.3. The highest BCUT2D eigenvalue weighted by molar-refractivity contribution is 5.85. The molecule has 2 aliphatic rings. The molecule has 0 saturated carbocycles. The van der Waals surface area contributed by atoms with Gasteiger partial charge in [0.1, 0.15) is 12.6 Å². The minimum atomic E-state index is -1.20. The zero-order valence-corrected chi connectivity index (χ0v) is 18.6. The Hall–Kier alpha value is -3.43. The highest BCUT2D eigenvalue weighted by atomic mass is 16.5. The van der Waals surface area contributed by atoms with Crippen LogP contribution in [0.4, 0.5) is 4.79 Å². The molecule has 1 aliphatic carbocycles. The Morgan fingerprint density at radius 1 is 1.06 bits per heavy atom. The quantitative estimate of drug-likeness (QED) is 0.441. The summed E-state index contributed by atoms with van der Waals surface area (Å²) in [5.74, 6) is -2.19. The summed E-state index contributed by atoms with van der Waals surface area (Å²) in [7, 11) is 0. The van der Waals surface area contributed by atoms with Crippen molar-refractivity contribution in [2.45, 2.75) is 30.9 Å². The SMILES string of the molecule is O=C(NC[C@@H]1C[C@H](C(=O)NC(CCO)C(=O)O)CO1)OCC1c2ccccc2-c2ccccc21. The number of hydrogen-bond donors (Lipinski definition) is 4. The van der Waals surface area contributed by atoms with Crippen molar-refractivity contribution in [2.75, 3.05) is 26.4 Å². The number of rotatable bonds is 9. The van der Waals surface area contributed by atoms with E-state index in [2.05, 4.69) is 22.8 Å². The number of aliphatic hydroxyl groups is 1. The lowest BCUT2D eigenvalue weighted by atomic mass is 9.98. The number of nitrogens with one attached hydrogen (secondary N) is 2. The van der Waals surface area contributed by atoms with Crippen LogP contribution >= 0.6 is 0 Å². The second-order valence-corrected chi connectivity index (χ2v) is 8.51. The number of aliphatic carboxylic acids is 1. The van der Waals surface area contributed by atoms with Crippen LogP contribution in [0.25, 0.3) is 11.1 Å². The number of carboxylic acids is 1. The molecule has 4 N–H and O–H groups in total. The van der Waals surface area contributed by atoms with Gasteiger partial charge in [0.05, 0.1) is 18.6 Å². The fourth-order valence-corrected chi connectivity index (χ4v) is 4.55. The lowest BCUT2D eigenvalue weighted by Crippen LogP contribution is -2.44. The molecule has 0 bridgehead atoms. The maximum atomic E-state index is 12.3. The van der Waals surface area contributed by atoms with Crippen LogP contribution in [0.1, 0.15) is 29.9 Å². The van der Waals surface area contributed by atoms with E-state index in [-0.39, 0.29) is 44.8 Å². The summed E-state index contributed by atoms with van der Waals surface area (Å²) in [6, 6.07) is 15.0. The normalized spacial score (nSPS) is 19.7. The van der Waals surface area contributed by atoms with Gasteiger partial charge in [-0.2, -0.15) is 0 Å². The summed E-state index contributed by atoms with van der Waals surface area (Å²) in [5.41, 5.74) is 4.57. The molecular weight excluding hydrogens is 440 g/mol. The van der Waals surface area contributed by atoms with Crippen molar-refractivity contribution >= 4 is 18.0 Å². The molecular formula is C25H28N2O7. The Morgan fingerprint density at radius 3 is 2.32 bits per heavy atom. The summed E-state index contributed by atoms with van der Waals surface area (Å²) in [5, 5.41) is 23.2. The fourth-order valence-electron chi connectivity index (χ4n) is 4.55. The molecule has 1 heterocycles. The Labute approximate surface area is 197 Å². The van der Waals surface area contributed by atoms with Crippen molar-refractivity contribution in [3.05, 3.63) is 59.7 Å². The van der Waals surface area contributed by atoms with E-state index in [1.54, 1.807) is 0 Å². The first-order chi connectivity index (χ1) is 16.5. The molecule has 9 heteroatoms. The Balaban J connectivity index is 1.24. The maximum Gasteiger partial charge on any atom is 0.407 e. The molecule has 9 nitrogen and oxygen atoms in total. The second-order valence-electron chi connectivity index (χ2n) is 8.51. The van der Waals surface area contributed by atoms with Gasteiger partial charge in [0.2, 0.25) is 5.91 Å². The molecule has 0 spiro atoms. The van der Waals surface area contributed by atoms with Gasteiger partial charge in [0, 0.05) is 25.5 Å². The van der Waals surface area contributed by atoms with Crippen LogP contribution in [0.3, 0.4) is 0 Å². The van der Waals surface area contributed by atoms with Crippen molar-refractivity contribution in [1.29, 1.82) is 0 Å². The van der Waals surface area contributed by atoms with E-state index in [0.29, 0.717) is 6.42 Å². The third-order valence-electron chi connectivity index (χ3n) is 6.30. The lowest BCUT2D eigenvalue weighted by molar-refractivity contribution is -0.142. The first-order valence-electron chi connectivity index (χ1n) is 11.3. The summed E-state index contributed by atoms with van der Waals surface area (Å²) in [6.07, 6.45) is -0.660. The van der Waals surface area contributed by atoms with E-state index < -0.39 is 29.9 Å². The minimum absolute atomic E-state index is 0.0324. The number of hydrogen-bond acceptors (Lipinski definition) is 6. The van der Waals surface area contributed by atoms with E-state index in [0.717, 1.165) is 22.3 Å². The van der Waals surface area contributed by atoms with Crippen LogP contribution in [0.2, 0.25) is 0 Å². The first kappa shape index (κ1) is 23.7. The maximum absolute atomic E-state index is 12.3. The summed E-state index contributed by atoms with van der Waals surface area (Å²) < 4.78 is 11.1. The van der Waals surface area contributed by atoms with Crippen molar-refractivity contribution in [3.8, 4) is 11.1 Å². The molecule has 0 radical (unpaired) electrons. The third-order valence-corrected chi connectivity index (χ3v) is 6.30. The van der Waals surface area contributed by atoms with E-state index in [9.17, 15) is 14.4 Å². The van der Waals surface area contributed by atoms with E-state index in [1.807, 2.05) is 36.4 Å². The summed E-state index contributed by atoms with van der Waals surface area (Å²) in [4.78, 5) is 35.8. The third kappa shape index (κ3) is 5.21. The van der Waals surface area contributed by atoms with Gasteiger partial charge in [-0.05, 0) is 28.7 Å². The molecule has 0 aromatic heterocycles. The van der Waals surface area contributed by atoms with E-state index >= 15 is 0 Å². The number of carbonyl (C=O) groups excluding carboxylic acids is 2. The zero-order chi connectivity index (χ0) is 24.1. The standard InChI is InChI=1S/C25H28N2O7/c28-10-9-22(24(30)31)27-23(29)15-11-16(33-13-15)12-26-25(32)34-14-21-19-7-3-1-5-17(19)18-6-2-4-8-20(18)21/h1-8,15-16,21-22,28H,9-14H2,(H,26,32)(H,27,29)(H,30,31)/t15-,16-,22?/m0/s1. The number of ether oxygens (including phenoxy) is 2. The van der Waals surface area contributed by atoms with Crippen LogP contribution in [-0.2, 0) is 19.1 Å². The molecule has 180 valence electrons. The van der Waals surface area contributed by atoms with Gasteiger partial charge in [0.25, 0.3) is 0 Å². The Kier molecular flexibility index (Phi) is 7.44. The molecule has 1 fully saturated rings. The molecule has 4 rings (SSSR count). The van der Waals surface area contributed by atoms with Gasteiger partial charge in [-0.1, -0.05) is 48.5 Å². The molecule has 2 amide bonds. The number of amides is 2. The molecule has 2 aromatic carbocycles. The topological polar surface area (TPSA) is 134 Å². The smallest absolute Gasteiger partial charge is 0.407 e. The van der Waals surface area contributed by atoms with Crippen molar-refractivity contribution in [3.63, 3.8) is 0 Å². The van der Waals surface area contributed by atoms with Gasteiger partial charge in [-0.15, -0.1) is 0 Å². The Morgan fingerprint density at radius 2 is 1.71 bits per heavy atom. The number of alkyl carbamates (subject to hydrolysis) is 1. The molecule has 1 unspecified atom stereocenters. The molecule has 3 atom stereocenters. The largest absolute Gasteiger partial charge is 0.480 e. The van der Waals surface area contributed by atoms with Crippen molar-refractivity contribution in [2.24, 2.45) is 5.92 Å². The van der Waals surface area contributed by atoms with Crippen LogP contribution < -0.4 is 10.6 Å². The summed E-state index contributed by atoms with van der Waals surface area (Å²) >= 11 is 0. The molecule has 1 saturated heterocycles. The predicted octanol–water partition coefficient (Wildman–Crippen LogP) is 1.88. The van der Waals surface area contributed by atoms with Crippen LogP contribution in [-0.4, -0.2) is 66.7 Å². The average molecular weight is 469 g/mol. The minimum Gasteiger partial charge on any atom is -0.480 e. The highest BCUT2D eigenvalue weighted by Gasteiger charge is 2.33. The zero-order valence-electron chi connectivity index (χ0n) is 18.6. The van der Waals surface area contributed by atoms with Crippen LogP contribution in [0, 0.1) is 5.92 Å². The molecule has 34 heavy (non-hydrogen) atoms. The van der Waals surface area contributed by atoms with Gasteiger partial charge in [-0.3, -0.25) is 4.79 Å². The van der Waals surface area contributed by atoms with Gasteiger partial charge < -0.3 is 30.3 Å². The van der Waals surface area contributed by atoms with Crippen LogP contribution in [0.5, 0.6) is 0 Å². The van der Waals surface area contributed by atoms with Gasteiger partial charge >= 0.3 is 12.1 Å². The van der Waals surface area contributed by atoms with E-state index in [4.69, 9.17) is 19.7 Å². The number of carboxylic acid groups (broad SMARTS) is 1.